The fourth-order valence-corrected chi connectivity index (χ4v) is 2.58. The largest absolute Gasteiger partial charge is 0.493 e. The zero-order chi connectivity index (χ0) is 18.4. The lowest BCUT2D eigenvalue weighted by Gasteiger charge is -2.15. The van der Waals surface area contributed by atoms with Crippen LogP contribution in [0.25, 0.3) is 5.69 Å². The van der Waals surface area contributed by atoms with Gasteiger partial charge in [-0.25, -0.2) is 0 Å². The standard InChI is InChI=1S/C22H23NO3/c1-17-7-6-8-19(13-17)23-12-11-21(14-22(23)24)26-16-18(2)15-25-20-9-4-3-5-10-20/h3-14,18H,15-16H2,1-2H3/t18-/m0/s1. The third-order valence-corrected chi connectivity index (χ3v) is 3.98. The van der Waals surface area contributed by atoms with Crippen LogP contribution in [0.1, 0.15) is 12.5 Å². The van der Waals surface area contributed by atoms with Crippen LogP contribution < -0.4 is 15.0 Å². The topological polar surface area (TPSA) is 40.5 Å². The van der Waals surface area contributed by atoms with Crippen LogP contribution >= 0.6 is 0 Å². The molecule has 1 atom stereocenters. The van der Waals surface area contributed by atoms with Gasteiger partial charge < -0.3 is 9.47 Å². The number of pyridine rings is 1. The van der Waals surface area contributed by atoms with Crippen molar-refractivity contribution in [3.8, 4) is 17.2 Å². The lowest BCUT2D eigenvalue weighted by atomic mass is 10.2. The molecule has 0 bridgehead atoms. The lowest BCUT2D eigenvalue weighted by Crippen LogP contribution is -2.19. The first-order valence-electron chi connectivity index (χ1n) is 8.72. The molecule has 0 aliphatic carbocycles. The van der Waals surface area contributed by atoms with E-state index in [9.17, 15) is 4.79 Å². The molecule has 0 fully saturated rings. The second-order valence-electron chi connectivity index (χ2n) is 6.45. The zero-order valence-corrected chi connectivity index (χ0v) is 15.1. The maximum Gasteiger partial charge on any atom is 0.258 e. The van der Waals surface area contributed by atoms with Crippen molar-refractivity contribution >= 4 is 0 Å². The zero-order valence-electron chi connectivity index (χ0n) is 15.1. The van der Waals surface area contributed by atoms with Gasteiger partial charge in [0.05, 0.1) is 13.2 Å². The van der Waals surface area contributed by atoms with Gasteiger partial charge in [-0.05, 0) is 42.8 Å². The Labute approximate surface area is 153 Å². The van der Waals surface area contributed by atoms with Crippen molar-refractivity contribution in [2.75, 3.05) is 13.2 Å². The Kier molecular flexibility index (Phi) is 5.74. The van der Waals surface area contributed by atoms with Crippen LogP contribution in [0.4, 0.5) is 0 Å². The van der Waals surface area contributed by atoms with Gasteiger partial charge in [0.15, 0.2) is 0 Å². The van der Waals surface area contributed by atoms with E-state index < -0.39 is 0 Å². The molecular weight excluding hydrogens is 326 g/mol. The molecule has 1 heterocycles. The van der Waals surface area contributed by atoms with Gasteiger partial charge in [-0.3, -0.25) is 9.36 Å². The molecule has 3 aromatic rings. The van der Waals surface area contributed by atoms with E-state index in [1.807, 2.05) is 67.6 Å². The number of benzene rings is 2. The van der Waals surface area contributed by atoms with Gasteiger partial charge in [0.2, 0.25) is 0 Å². The third kappa shape index (κ3) is 4.76. The van der Waals surface area contributed by atoms with Crippen molar-refractivity contribution in [2.24, 2.45) is 5.92 Å². The Morgan fingerprint density at radius 1 is 0.885 bits per heavy atom. The molecule has 134 valence electrons. The van der Waals surface area contributed by atoms with Crippen LogP contribution in [0.3, 0.4) is 0 Å². The molecule has 0 saturated heterocycles. The minimum atomic E-state index is -0.110. The number of rotatable bonds is 7. The molecule has 0 saturated carbocycles. The molecule has 0 spiro atoms. The Hall–Kier alpha value is -3.01. The quantitative estimate of drug-likeness (QED) is 0.640. The van der Waals surface area contributed by atoms with Crippen molar-refractivity contribution in [3.63, 3.8) is 0 Å². The highest BCUT2D eigenvalue weighted by atomic mass is 16.5. The Bertz CT molecular complexity index is 903. The van der Waals surface area contributed by atoms with Gasteiger partial charge in [0.1, 0.15) is 11.5 Å². The summed E-state index contributed by atoms with van der Waals surface area (Å²) in [5, 5.41) is 0. The second-order valence-corrected chi connectivity index (χ2v) is 6.45. The summed E-state index contributed by atoms with van der Waals surface area (Å²) in [5.41, 5.74) is 1.86. The van der Waals surface area contributed by atoms with E-state index in [-0.39, 0.29) is 11.5 Å². The highest BCUT2D eigenvalue weighted by Gasteiger charge is 2.07. The lowest BCUT2D eigenvalue weighted by molar-refractivity contribution is 0.188. The smallest absolute Gasteiger partial charge is 0.258 e. The van der Waals surface area contributed by atoms with Crippen LogP contribution in [-0.2, 0) is 0 Å². The molecule has 4 heteroatoms. The van der Waals surface area contributed by atoms with Gasteiger partial charge >= 0.3 is 0 Å². The summed E-state index contributed by atoms with van der Waals surface area (Å²) in [5.74, 6) is 1.62. The monoisotopic (exact) mass is 349 g/mol. The molecule has 0 unspecified atom stereocenters. The molecule has 0 N–H and O–H groups in total. The van der Waals surface area contributed by atoms with Crippen molar-refractivity contribution in [1.82, 2.24) is 4.57 Å². The normalized spacial score (nSPS) is 11.8. The first-order valence-corrected chi connectivity index (χ1v) is 8.72. The average Bonchev–Trinajstić information content (AvgIpc) is 2.65. The summed E-state index contributed by atoms with van der Waals surface area (Å²) in [6.07, 6.45) is 1.75. The average molecular weight is 349 g/mol. The summed E-state index contributed by atoms with van der Waals surface area (Å²) >= 11 is 0. The van der Waals surface area contributed by atoms with Crippen molar-refractivity contribution in [1.29, 1.82) is 0 Å². The van der Waals surface area contributed by atoms with Gasteiger partial charge in [-0.15, -0.1) is 0 Å². The number of nitrogens with zero attached hydrogens (tertiary/aromatic N) is 1. The van der Waals surface area contributed by atoms with Gasteiger partial charge in [-0.2, -0.15) is 0 Å². The number of hydrogen-bond acceptors (Lipinski definition) is 3. The first-order chi connectivity index (χ1) is 12.6. The predicted molar refractivity (Wildman–Crippen MR) is 103 cm³/mol. The predicted octanol–water partition coefficient (Wildman–Crippen LogP) is 4.24. The molecule has 2 aromatic carbocycles. The maximum atomic E-state index is 12.4. The summed E-state index contributed by atoms with van der Waals surface area (Å²) in [6.45, 7) is 5.10. The van der Waals surface area contributed by atoms with Crippen LogP contribution in [0, 0.1) is 12.8 Å². The van der Waals surface area contributed by atoms with Crippen LogP contribution in [0.15, 0.2) is 77.7 Å². The Balaban J connectivity index is 1.57. The second kappa shape index (κ2) is 8.39. The van der Waals surface area contributed by atoms with Crippen LogP contribution in [0.5, 0.6) is 11.5 Å². The van der Waals surface area contributed by atoms with Crippen molar-refractivity contribution in [3.05, 3.63) is 88.8 Å². The summed E-state index contributed by atoms with van der Waals surface area (Å²) in [7, 11) is 0. The van der Waals surface area contributed by atoms with E-state index in [1.165, 1.54) is 6.07 Å². The number of ether oxygens (including phenoxy) is 2. The number of para-hydroxylation sites is 1. The number of hydrogen-bond donors (Lipinski definition) is 0. The molecule has 3 rings (SSSR count). The molecule has 4 nitrogen and oxygen atoms in total. The van der Waals surface area contributed by atoms with E-state index in [0.717, 1.165) is 17.0 Å². The molecular formula is C22H23NO3. The van der Waals surface area contributed by atoms with Crippen molar-refractivity contribution in [2.45, 2.75) is 13.8 Å². The highest BCUT2D eigenvalue weighted by Crippen LogP contribution is 2.14. The summed E-state index contributed by atoms with van der Waals surface area (Å²) in [6, 6.07) is 20.9. The van der Waals surface area contributed by atoms with Crippen molar-refractivity contribution < 1.29 is 9.47 Å². The maximum absolute atomic E-state index is 12.4. The molecule has 0 aliphatic heterocycles. The minimum absolute atomic E-state index is 0.110. The van der Waals surface area contributed by atoms with Gasteiger partial charge in [-0.1, -0.05) is 37.3 Å². The van der Waals surface area contributed by atoms with E-state index in [4.69, 9.17) is 9.47 Å². The fraction of sp³-hybridized carbons (Fsp3) is 0.227. The van der Waals surface area contributed by atoms with Crippen LogP contribution in [-0.4, -0.2) is 17.8 Å². The number of aryl methyl sites for hydroxylation is 1. The molecule has 0 radical (unpaired) electrons. The number of aromatic nitrogens is 1. The van der Waals surface area contributed by atoms with Gasteiger partial charge in [0.25, 0.3) is 5.56 Å². The van der Waals surface area contributed by atoms with Crippen LogP contribution in [0.2, 0.25) is 0 Å². The highest BCUT2D eigenvalue weighted by molar-refractivity contribution is 5.36. The molecule has 0 amide bonds. The van der Waals surface area contributed by atoms with E-state index in [0.29, 0.717) is 19.0 Å². The van der Waals surface area contributed by atoms with Gasteiger partial charge in [0, 0.05) is 23.9 Å². The SMILES string of the molecule is Cc1cccc(-n2ccc(OC[C@@H](C)COc3ccccc3)cc2=O)c1. The Morgan fingerprint density at radius 2 is 1.62 bits per heavy atom. The Morgan fingerprint density at radius 3 is 2.31 bits per heavy atom. The first kappa shape index (κ1) is 17.8. The third-order valence-electron chi connectivity index (χ3n) is 3.98. The summed E-state index contributed by atoms with van der Waals surface area (Å²) < 4.78 is 13.1. The summed E-state index contributed by atoms with van der Waals surface area (Å²) in [4.78, 5) is 12.4. The fourth-order valence-electron chi connectivity index (χ4n) is 2.58. The van der Waals surface area contributed by atoms with E-state index in [2.05, 4.69) is 6.92 Å². The molecule has 26 heavy (non-hydrogen) atoms. The molecule has 1 aromatic heterocycles. The van der Waals surface area contributed by atoms with E-state index in [1.54, 1.807) is 10.8 Å². The van der Waals surface area contributed by atoms with E-state index >= 15 is 0 Å². The molecule has 0 aliphatic rings. The minimum Gasteiger partial charge on any atom is -0.493 e.